The van der Waals surface area contributed by atoms with Gasteiger partial charge in [0, 0.05) is 0 Å². The summed E-state index contributed by atoms with van der Waals surface area (Å²) < 4.78 is 24.4. The Kier molecular flexibility index (Phi) is 13.7. The molecule has 1 N–H and O–H groups in total. The molecule has 0 saturated heterocycles. The first-order chi connectivity index (χ1) is 11.2. The van der Waals surface area contributed by atoms with Gasteiger partial charge >= 0.3 is 0 Å². The molecule has 0 spiro atoms. The lowest BCUT2D eigenvalue weighted by molar-refractivity contribution is -0.168. The van der Waals surface area contributed by atoms with Gasteiger partial charge in [-0.1, -0.05) is 39.8 Å². The molecule has 1 amide bonds. The maximum Gasteiger partial charge on any atom is 0.260 e. The monoisotopic (exact) mass is 362 g/mol. The second-order valence-electron chi connectivity index (χ2n) is 5.31. The molecule has 1 aromatic carbocycles. The number of hydrogen-bond acceptors (Lipinski definition) is 4. The van der Waals surface area contributed by atoms with Crippen LogP contribution in [0.5, 0.6) is 0 Å². The van der Waals surface area contributed by atoms with E-state index in [-0.39, 0.29) is 18.9 Å². The lowest BCUT2D eigenvalue weighted by Gasteiger charge is -2.21. The van der Waals surface area contributed by atoms with Crippen molar-refractivity contribution >= 4 is 13.0 Å². The molecule has 0 fully saturated rings. The maximum atomic E-state index is 12.7. The third kappa shape index (κ3) is 12.2. The lowest BCUT2D eigenvalue weighted by Crippen LogP contribution is -2.36. The minimum Gasteiger partial charge on any atom is -0.323 e. The molecule has 0 aliphatic carbocycles. The third-order valence-electron chi connectivity index (χ3n) is 2.52. The van der Waals surface area contributed by atoms with Gasteiger partial charge in [0.25, 0.3) is 5.91 Å². The number of halogens is 1. The van der Waals surface area contributed by atoms with Crippen molar-refractivity contribution in [1.29, 1.82) is 0 Å². The molecule has 140 valence electrons. The number of hydroxylamine groups is 2. The molecule has 5 nitrogen and oxygen atoms in total. The van der Waals surface area contributed by atoms with Gasteiger partial charge in [-0.25, -0.2) is 9.45 Å². The van der Waals surface area contributed by atoms with Crippen molar-refractivity contribution in [2.24, 2.45) is 0 Å². The van der Waals surface area contributed by atoms with Crippen molar-refractivity contribution in [1.82, 2.24) is 9.96 Å². The van der Waals surface area contributed by atoms with E-state index in [4.69, 9.17) is 0 Å². The number of amides is 1. The fraction of sp³-hybridized carbons (Fsp3) is 0.588. The minimum absolute atomic E-state index is 0.0110. The maximum absolute atomic E-state index is 12.7. The van der Waals surface area contributed by atoms with Crippen LogP contribution in [0.4, 0.5) is 4.39 Å². The average Bonchev–Trinajstić information content (AvgIpc) is 2.51. The van der Waals surface area contributed by atoms with Crippen LogP contribution in [-0.4, -0.2) is 54.3 Å². The molecule has 0 unspecified atom stereocenters. The predicted molar refractivity (Wildman–Crippen MR) is 98.4 cm³/mol. The Hall–Kier alpha value is -1.23. The van der Waals surface area contributed by atoms with Crippen LogP contribution in [0.15, 0.2) is 24.3 Å². The van der Waals surface area contributed by atoms with Crippen molar-refractivity contribution in [3.8, 4) is 0 Å². The van der Waals surface area contributed by atoms with Crippen molar-refractivity contribution in [3.63, 3.8) is 0 Å². The summed E-state index contributed by atoms with van der Waals surface area (Å²) >= 11 is 0. The highest BCUT2D eigenvalue weighted by Gasteiger charge is 2.17. The topological polar surface area (TPSA) is 60.9 Å². The van der Waals surface area contributed by atoms with Crippen LogP contribution in [0.1, 0.15) is 33.3 Å². The summed E-state index contributed by atoms with van der Waals surface area (Å²) in [5, 5.41) is 10.3. The highest BCUT2D eigenvalue weighted by molar-refractivity contribution is 7.62. The van der Waals surface area contributed by atoms with Crippen LogP contribution in [0.3, 0.4) is 0 Å². The summed E-state index contributed by atoms with van der Waals surface area (Å²) in [7, 11) is -0.579. The summed E-state index contributed by atoms with van der Waals surface area (Å²) in [5.41, 5.74) is 0.626. The molecule has 0 heterocycles. The summed E-state index contributed by atoms with van der Waals surface area (Å²) in [4.78, 5) is 13.4. The Balaban J connectivity index is 0. The first-order valence-electron chi connectivity index (χ1n) is 8.13. The number of hydrogen-bond donors (Lipinski definition) is 1. The standard InChI is InChI=1S/C13H20FN2O3P.2C2H6/c1-15(10-20(2,3)19)9-13(17)16(18)8-11-4-6-12(14)7-5-11;2*1-2/h4-7,18H,8-10H2,1-3H3;2*1-2H3. The van der Waals surface area contributed by atoms with Crippen molar-refractivity contribution in [3.05, 3.63) is 35.6 Å². The molecule has 7 heteroatoms. The van der Waals surface area contributed by atoms with Crippen LogP contribution in [0.25, 0.3) is 0 Å². The molecule has 0 aliphatic heterocycles. The van der Waals surface area contributed by atoms with Gasteiger partial charge in [0.05, 0.1) is 26.5 Å². The second kappa shape index (κ2) is 13.1. The van der Waals surface area contributed by atoms with Gasteiger partial charge in [-0.3, -0.25) is 14.9 Å². The first kappa shape index (κ1) is 25.0. The molecule has 0 aromatic heterocycles. The van der Waals surface area contributed by atoms with Crippen LogP contribution in [0.2, 0.25) is 0 Å². The Labute approximate surface area is 145 Å². The molecule has 1 rings (SSSR count). The predicted octanol–water partition coefficient (Wildman–Crippen LogP) is 4.11. The molecule has 0 saturated carbocycles. The highest BCUT2D eigenvalue weighted by atomic mass is 31.2. The Bertz CT molecular complexity index is 503. The number of rotatable bonds is 6. The van der Waals surface area contributed by atoms with Crippen molar-refractivity contribution in [2.75, 3.05) is 33.2 Å². The number of carbonyl (C=O) groups is 1. The fourth-order valence-electron chi connectivity index (χ4n) is 1.79. The quantitative estimate of drug-likeness (QED) is 0.470. The highest BCUT2D eigenvalue weighted by Crippen LogP contribution is 2.35. The van der Waals surface area contributed by atoms with E-state index >= 15 is 0 Å². The molecular formula is C17H32FN2O3P. The normalized spacial score (nSPS) is 10.2. The van der Waals surface area contributed by atoms with Gasteiger partial charge in [0.15, 0.2) is 0 Å². The van der Waals surface area contributed by atoms with Gasteiger partial charge in [0.2, 0.25) is 0 Å². The lowest BCUT2D eigenvalue weighted by atomic mass is 10.2. The van der Waals surface area contributed by atoms with Crippen LogP contribution in [-0.2, 0) is 15.9 Å². The number of likely N-dealkylation sites (N-methyl/N-ethyl adjacent to an activating group) is 1. The largest absolute Gasteiger partial charge is 0.323 e. The van der Waals surface area contributed by atoms with E-state index in [9.17, 15) is 19.0 Å². The zero-order valence-corrected chi connectivity index (χ0v) is 16.8. The molecule has 0 radical (unpaired) electrons. The van der Waals surface area contributed by atoms with Gasteiger partial charge in [-0.15, -0.1) is 0 Å². The van der Waals surface area contributed by atoms with E-state index < -0.39 is 13.0 Å². The smallest absolute Gasteiger partial charge is 0.260 e. The van der Waals surface area contributed by atoms with E-state index in [1.807, 2.05) is 27.7 Å². The van der Waals surface area contributed by atoms with Gasteiger partial charge < -0.3 is 4.57 Å². The second-order valence-corrected chi connectivity index (χ2v) is 8.74. The van der Waals surface area contributed by atoms with E-state index in [0.717, 1.165) is 0 Å². The number of carbonyl (C=O) groups excluding carboxylic acids is 1. The summed E-state index contributed by atoms with van der Waals surface area (Å²) in [6, 6.07) is 5.54. The molecule has 0 aliphatic rings. The summed E-state index contributed by atoms with van der Waals surface area (Å²) in [5.74, 6) is -0.865. The molecular weight excluding hydrogens is 330 g/mol. The van der Waals surface area contributed by atoms with Crippen molar-refractivity contribution < 1.29 is 19.0 Å². The zero-order valence-electron chi connectivity index (χ0n) is 15.9. The number of nitrogens with zero attached hydrogens (tertiary/aromatic N) is 2. The van der Waals surface area contributed by atoms with E-state index in [1.165, 1.54) is 24.3 Å². The molecule has 0 bridgehead atoms. The van der Waals surface area contributed by atoms with Gasteiger partial charge in [-0.2, -0.15) is 0 Å². The van der Waals surface area contributed by atoms with E-state index in [2.05, 4.69) is 0 Å². The SMILES string of the molecule is CC.CC.CN(CC(=O)N(O)Cc1ccc(F)cc1)CP(C)(C)=O. The summed E-state index contributed by atoms with van der Waals surface area (Å²) in [6.07, 6.45) is 0.309. The average molecular weight is 362 g/mol. The summed E-state index contributed by atoms with van der Waals surface area (Å²) in [6.45, 7) is 11.2. The third-order valence-corrected chi connectivity index (χ3v) is 3.68. The fourth-order valence-corrected chi connectivity index (χ4v) is 3.06. The van der Waals surface area contributed by atoms with Crippen LogP contribution < -0.4 is 0 Å². The molecule has 24 heavy (non-hydrogen) atoms. The Morgan fingerprint density at radius 1 is 1.12 bits per heavy atom. The first-order valence-corrected chi connectivity index (χ1v) is 10.9. The minimum atomic E-state index is -2.25. The van der Waals surface area contributed by atoms with Crippen LogP contribution in [0, 0.1) is 5.82 Å². The van der Waals surface area contributed by atoms with Crippen LogP contribution >= 0.6 is 7.14 Å². The molecule has 1 aromatic rings. The van der Waals surface area contributed by atoms with Gasteiger partial charge in [0.1, 0.15) is 5.82 Å². The Morgan fingerprint density at radius 3 is 2.00 bits per heavy atom. The van der Waals surface area contributed by atoms with Crippen molar-refractivity contribution in [2.45, 2.75) is 34.2 Å². The zero-order chi connectivity index (χ0) is 19.3. The molecule has 0 atom stereocenters. The Morgan fingerprint density at radius 2 is 1.58 bits per heavy atom. The van der Waals surface area contributed by atoms with E-state index in [0.29, 0.717) is 16.9 Å². The van der Waals surface area contributed by atoms with E-state index in [1.54, 1.807) is 25.3 Å². The van der Waals surface area contributed by atoms with Gasteiger partial charge in [-0.05, 0) is 38.1 Å². The number of benzene rings is 1.